The van der Waals surface area contributed by atoms with E-state index < -0.39 is 146 Å². The lowest BCUT2D eigenvalue weighted by Crippen LogP contribution is -2.61. The van der Waals surface area contributed by atoms with Crippen molar-refractivity contribution in [2.75, 3.05) is 13.2 Å². The van der Waals surface area contributed by atoms with E-state index in [-0.39, 0.29) is 12.2 Å². The van der Waals surface area contributed by atoms with Crippen LogP contribution in [0.25, 0.3) is 0 Å². The van der Waals surface area contributed by atoms with Crippen LogP contribution >= 0.6 is 0 Å². The van der Waals surface area contributed by atoms with Crippen LogP contribution in [0.4, 0.5) is 0 Å². The molecule has 0 heterocycles. The Morgan fingerprint density at radius 2 is 1.07 bits per heavy atom. The fourth-order valence-electron chi connectivity index (χ4n) is 5.07. The Morgan fingerprint density at radius 1 is 0.600 bits per heavy atom. The first-order valence-corrected chi connectivity index (χ1v) is 18.3. The molecular formula is C35H54N10O15. The Bertz CT molecular complexity index is 1720. The third-order valence-corrected chi connectivity index (χ3v) is 8.46. The van der Waals surface area contributed by atoms with Gasteiger partial charge in [0.15, 0.2) is 0 Å². The van der Waals surface area contributed by atoms with Crippen molar-refractivity contribution in [1.29, 1.82) is 0 Å². The molecule has 0 aromatic heterocycles. The highest BCUT2D eigenvalue weighted by Crippen LogP contribution is 2.12. The maximum Gasteiger partial charge on any atom is 0.326 e. The molecule has 60 heavy (non-hydrogen) atoms. The molecular weight excluding hydrogens is 800 g/mol. The van der Waals surface area contributed by atoms with Crippen molar-refractivity contribution < 1.29 is 73.5 Å². The number of phenolic OH excluding ortho intramolecular Hbond substituents is 1. The molecule has 0 aliphatic rings. The molecule has 0 fully saturated rings. The van der Waals surface area contributed by atoms with E-state index in [0.29, 0.717) is 5.56 Å². The monoisotopic (exact) mass is 854 g/mol. The number of carbonyl (C=O) groups is 10. The molecule has 0 saturated carbocycles. The molecule has 0 radical (unpaired) electrons. The number of carbonyl (C=O) groups excluding carboxylic acids is 9. The number of aliphatic carboxylic acids is 1. The van der Waals surface area contributed by atoms with Gasteiger partial charge in [0.2, 0.25) is 53.2 Å². The average Bonchev–Trinajstić information content (AvgIpc) is 3.15. The minimum absolute atomic E-state index is 0.0945. The summed E-state index contributed by atoms with van der Waals surface area (Å²) in [6.07, 6.45) is -4.86. The topological polar surface area (TPSA) is 434 Å². The number of aliphatic hydroxyl groups is 3. The van der Waals surface area contributed by atoms with Crippen LogP contribution in [0.15, 0.2) is 24.3 Å². The average molecular weight is 855 g/mol. The molecule has 0 aliphatic heterocycles. The number of hydrogen-bond acceptors (Lipinski definition) is 15. The summed E-state index contributed by atoms with van der Waals surface area (Å²) in [6.45, 7) is 3.34. The minimum atomic E-state index is -1.87. The van der Waals surface area contributed by atoms with Crippen molar-refractivity contribution >= 4 is 59.1 Å². The molecule has 9 atom stereocenters. The highest BCUT2D eigenvalue weighted by atomic mass is 16.4. The Labute approximate surface area is 342 Å². The van der Waals surface area contributed by atoms with E-state index in [1.165, 1.54) is 45.0 Å². The third kappa shape index (κ3) is 17.6. The van der Waals surface area contributed by atoms with Crippen molar-refractivity contribution in [1.82, 2.24) is 37.2 Å². The summed E-state index contributed by atoms with van der Waals surface area (Å²) in [6, 6.07) is -6.19. The van der Waals surface area contributed by atoms with Gasteiger partial charge in [0.25, 0.3) is 0 Å². The number of primary amides is 2. The SMILES string of the molecule is CC(C)[C@H](NC(=O)[C@H](CC(N)=O)NC(=O)[C@@H](N)[C@@H](C)O)C(=O)NCC(=O)N[C@@H](CO)C(=O)N[C@@H](CC(N)=O)C(=O)N[C@H](C(=O)N[C@@H](Cc1ccc(O)cc1)C(=O)O)[C@@H](C)O. The zero-order valence-electron chi connectivity index (χ0n) is 33.2. The van der Waals surface area contributed by atoms with E-state index in [1.807, 2.05) is 0 Å². The van der Waals surface area contributed by atoms with Gasteiger partial charge in [-0.1, -0.05) is 26.0 Å². The fourth-order valence-corrected chi connectivity index (χ4v) is 5.07. The molecule has 0 unspecified atom stereocenters. The molecule has 18 N–H and O–H groups in total. The molecule has 9 amide bonds. The van der Waals surface area contributed by atoms with Gasteiger partial charge in [0.05, 0.1) is 38.2 Å². The van der Waals surface area contributed by atoms with Crippen molar-refractivity contribution in [3.05, 3.63) is 29.8 Å². The number of carboxylic acids is 1. The van der Waals surface area contributed by atoms with E-state index in [0.717, 1.165) is 6.92 Å². The van der Waals surface area contributed by atoms with Gasteiger partial charge in [-0.25, -0.2) is 4.79 Å². The van der Waals surface area contributed by atoms with Gasteiger partial charge < -0.3 is 80.0 Å². The summed E-state index contributed by atoms with van der Waals surface area (Å²) in [7, 11) is 0. The van der Waals surface area contributed by atoms with Gasteiger partial charge in [0.1, 0.15) is 48.0 Å². The zero-order chi connectivity index (χ0) is 46.0. The lowest BCUT2D eigenvalue weighted by molar-refractivity contribution is -0.143. The number of aliphatic hydroxyl groups excluding tert-OH is 3. The highest BCUT2D eigenvalue weighted by molar-refractivity contribution is 5.98. The van der Waals surface area contributed by atoms with Gasteiger partial charge in [-0.05, 0) is 37.5 Å². The van der Waals surface area contributed by atoms with Crippen LogP contribution in [0.5, 0.6) is 5.75 Å². The predicted octanol–water partition coefficient (Wildman–Crippen LogP) is -7.47. The summed E-state index contributed by atoms with van der Waals surface area (Å²) >= 11 is 0. The Hall–Kier alpha value is -6.44. The van der Waals surface area contributed by atoms with E-state index in [2.05, 4.69) is 37.2 Å². The largest absolute Gasteiger partial charge is 0.508 e. The maximum atomic E-state index is 13.2. The first kappa shape index (κ1) is 51.6. The smallest absolute Gasteiger partial charge is 0.326 e. The van der Waals surface area contributed by atoms with E-state index in [9.17, 15) is 73.5 Å². The number of benzene rings is 1. The van der Waals surface area contributed by atoms with E-state index >= 15 is 0 Å². The minimum Gasteiger partial charge on any atom is -0.508 e. The summed E-state index contributed by atoms with van der Waals surface area (Å²) < 4.78 is 0. The molecule has 334 valence electrons. The molecule has 1 rings (SSSR count). The van der Waals surface area contributed by atoms with Crippen LogP contribution in [-0.4, -0.2) is 152 Å². The molecule has 0 spiro atoms. The second-order valence-electron chi connectivity index (χ2n) is 14.0. The first-order valence-electron chi connectivity index (χ1n) is 18.3. The number of hydrogen-bond donors (Lipinski definition) is 15. The molecule has 25 heteroatoms. The first-order chi connectivity index (χ1) is 27.9. The lowest BCUT2D eigenvalue weighted by atomic mass is 10.0. The third-order valence-electron chi connectivity index (χ3n) is 8.46. The van der Waals surface area contributed by atoms with Crippen LogP contribution < -0.4 is 54.4 Å². The van der Waals surface area contributed by atoms with Crippen LogP contribution in [0.1, 0.15) is 46.1 Å². The second kappa shape index (κ2) is 24.5. The molecule has 1 aromatic rings. The number of rotatable bonds is 25. The number of nitrogens with one attached hydrogen (secondary N) is 7. The van der Waals surface area contributed by atoms with Gasteiger partial charge in [-0.3, -0.25) is 43.2 Å². The number of carboxylic acid groups (broad SMARTS) is 1. The standard InChI is InChI=1S/C35H54N10O15/c1-14(2)27(44-29(53)20(11-24(37)51)42-32(56)26(38)15(3)47)33(57)39-12-25(52)40-22(13-46)31(55)41-19(10-23(36)50)30(54)45-28(16(4)48)34(58)43-21(35(59)60)9-17-5-7-18(49)8-6-17/h5-8,14-16,19-22,26-28,46-49H,9-13,38H2,1-4H3,(H2,36,50)(H2,37,51)(H,39,57)(H,40,52)(H,41,55)(H,42,56)(H,43,58)(H,44,53)(H,45,54)(H,59,60)/t15-,16-,19+,20+,21+,22+,26+,27+,28+/m1/s1. The van der Waals surface area contributed by atoms with Crippen molar-refractivity contribution in [3.8, 4) is 5.75 Å². The van der Waals surface area contributed by atoms with Crippen molar-refractivity contribution in [2.24, 2.45) is 23.1 Å². The quantitative estimate of drug-likeness (QED) is 0.0434. The van der Waals surface area contributed by atoms with Crippen LogP contribution in [0.2, 0.25) is 0 Å². The summed E-state index contributed by atoms with van der Waals surface area (Å²) in [5, 5.41) is 64.0. The molecule has 0 bridgehead atoms. The number of nitrogens with two attached hydrogens (primary N) is 3. The number of aromatic hydroxyl groups is 1. The van der Waals surface area contributed by atoms with Crippen LogP contribution in [-0.2, 0) is 54.4 Å². The van der Waals surface area contributed by atoms with Gasteiger partial charge in [0, 0.05) is 6.42 Å². The summed E-state index contributed by atoms with van der Waals surface area (Å²) in [5.41, 5.74) is 16.4. The summed E-state index contributed by atoms with van der Waals surface area (Å²) in [5.74, 6) is -12.2. The Morgan fingerprint density at radius 3 is 1.50 bits per heavy atom. The van der Waals surface area contributed by atoms with Crippen molar-refractivity contribution in [3.63, 3.8) is 0 Å². The molecule has 25 nitrogen and oxygen atoms in total. The van der Waals surface area contributed by atoms with Crippen LogP contribution in [0.3, 0.4) is 0 Å². The van der Waals surface area contributed by atoms with E-state index in [4.69, 9.17) is 17.2 Å². The Kier molecular flexibility index (Phi) is 21.0. The fraction of sp³-hybridized carbons (Fsp3) is 0.543. The zero-order valence-corrected chi connectivity index (χ0v) is 33.2. The molecule has 0 aliphatic carbocycles. The molecule has 0 saturated heterocycles. The maximum absolute atomic E-state index is 13.2. The van der Waals surface area contributed by atoms with E-state index in [1.54, 1.807) is 0 Å². The Balaban J connectivity index is 3.01. The van der Waals surface area contributed by atoms with Crippen molar-refractivity contribution in [2.45, 2.75) is 101 Å². The molecule has 1 aromatic carbocycles. The predicted molar refractivity (Wildman–Crippen MR) is 205 cm³/mol. The van der Waals surface area contributed by atoms with Gasteiger partial charge in [-0.2, -0.15) is 0 Å². The second-order valence-corrected chi connectivity index (χ2v) is 14.0. The number of phenols is 1. The summed E-state index contributed by atoms with van der Waals surface area (Å²) in [4.78, 5) is 126. The van der Waals surface area contributed by atoms with Gasteiger partial charge in [-0.15, -0.1) is 0 Å². The highest BCUT2D eigenvalue weighted by Gasteiger charge is 2.35. The lowest BCUT2D eigenvalue weighted by Gasteiger charge is -2.27. The normalized spacial score (nSPS) is 15.5. The van der Waals surface area contributed by atoms with Crippen LogP contribution in [0, 0.1) is 5.92 Å². The number of amides is 9. The van der Waals surface area contributed by atoms with Gasteiger partial charge >= 0.3 is 5.97 Å².